The van der Waals surface area contributed by atoms with E-state index in [1.165, 1.54) is 25.9 Å². The lowest BCUT2D eigenvalue weighted by molar-refractivity contribution is 0.0952. The molecule has 1 aromatic carbocycles. The van der Waals surface area contributed by atoms with E-state index < -0.39 is 0 Å². The molecule has 1 amide bonds. The summed E-state index contributed by atoms with van der Waals surface area (Å²) in [6.07, 6.45) is 4.61. The highest BCUT2D eigenvalue weighted by Gasteiger charge is 2.05. The van der Waals surface area contributed by atoms with Gasteiger partial charge >= 0.3 is 0 Å². The van der Waals surface area contributed by atoms with Crippen LogP contribution in [0, 0.1) is 3.57 Å². The predicted molar refractivity (Wildman–Crippen MR) is 97.7 cm³/mol. The number of hydrogen-bond donors (Lipinski definition) is 1. The van der Waals surface area contributed by atoms with Crippen LogP contribution in [0.15, 0.2) is 24.3 Å². The first-order chi connectivity index (χ1) is 10.2. The Morgan fingerprint density at radius 3 is 2.24 bits per heavy atom. The molecule has 0 unspecified atom stereocenters. The van der Waals surface area contributed by atoms with Crippen molar-refractivity contribution in [1.29, 1.82) is 0 Å². The van der Waals surface area contributed by atoms with Gasteiger partial charge in [0.1, 0.15) is 0 Å². The number of carbonyl (C=O) groups excluding carboxylic acids is 1. The zero-order valence-corrected chi connectivity index (χ0v) is 15.4. The van der Waals surface area contributed by atoms with Crippen LogP contribution in [0.25, 0.3) is 0 Å². The molecule has 1 N–H and O–H groups in total. The molecule has 0 heterocycles. The quantitative estimate of drug-likeness (QED) is 0.477. The van der Waals surface area contributed by atoms with Gasteiger partial charge in [0.25, 0.3) is 5.91 Å². The molecular weight excluding hydrogens is 373 g/mol. The minimum Gasteiger partial charge on any atom is -0.352 e. The lowest BCUT2D eigenvalue weighted by Crippen LogP contribution is -2.28. The number of nitrogens with one attached hydrogen (secondary N) is 1. The number of benzene rings is 1. The Hall–Kier alpha value is -0.620. The molecule has 4 heteroatoms. The zero-order valence-electron chi connectivity index (χ0n) is 13.2. The van der Waals surface area contributed by atoms with E-state index in [2.05, 4.69) is 46.7 Å². The Morgan fingerprint density at radius 1 is 1.05 bits per heavy atom. The van der Waals surface area contributed by atoms with Crippen LogP contribution in [0.2, 0.25) is 0 Å². The maximum absolute atomic E-state index is 11.9. The van der Waals surface area contributed by atoms with Gasteiger partial charge in [0.15, 0.2) is 0 Å². The largest absolute Gasteiger partial charge is 0.352 e. The van der Waals surface area contributed by atoms with Gasteiger partial charge < -0.3 is 10.2 Å². The van der Waals surface area contributed by atoms with Crippen LogP contribution in [-0.4, -0.2) is 37.0 Å². The molecule has 0 aliphatic carbocycles. The number of carbonyl (C=O) groups is 1. The Balaban J connectivity index is 2.18. The minimum absolute atomic E-state index is 0.0328. The smallest absolute Gasteiger partial charge is 0.251 e. The highest BCUT2D eigenvalue weighted by Crippen LogP contribution is 2.06. The zero-order chi connectivity index (χ0) is 15.5. The van der Waals surface area contributed by atoms with Crippen molar-refractivity contribution in [1.82, 2.24) is 10.2 Å². The van der Waals surface area contributed by atoms with Crippen molar-refractivity contribution >= 4 is 28.5 Å². The molecular formula is C17H27IN2O. The number of halogens is 1. The maximum atomic E-state index is 11.9. The fourth-order valence-corrected chi connectivity index (χ4v) is 2.69. The third-order valence-electron chi connectivity index (χ3n) is 3.37. The van der Waals surface area contributed by atoms with Gasteiger partial charge in [-0.3, -0.25) is 4.79 Å². The van der Waals surface area contributed by atoms with Gasteiger partial charge in [-0.1, -0.05) is 13.8 Å². The van der Waals surface area contributed by atoms with Gasteiger partial charge in [-0.2, -0.15) is 0 Å². The molecule has 118 valence electrons. The van der Waals surface area contributed by atoms with E-state index in [1.807, 2.05) is 24.3 Å². The van der Waals surface area contributed by atoms with Crippen molar-refractivity contribution in [3.63, 3.8) is 0 Å². The van der Waals surface area contributed by atoms with E-state index in [9.17, 15) is 4.79 Å². The number of nitrogens with zero attached hydrogens (tertiary/aromatic N) is 1. The number of hydrogen-bond acceptors (Lipinski definition) is 2. The summed E-state index contributed by atoms with van der Waals surface area (Å²) in [5.74, 6) is 0.0328. The molecule has 1 aromatic rings. The maximum Gasteiger partial charge on any atom is 0.251 e. The summed E-state index contributed by atoms with van der Waals surface area (Å²) in [5, 5.41) is 3.00. The summed E-state index contributed by atoms with van der Waals surface area (Å²) in [5.41, 5.74) is 0.744. The van der Waals surface area contributed by atoms with E-state index in [1.54, 1.807) is 0 Å². The van der Waals surface area contributed by atoms with Crippen molar-refractivity contribution in [3.8, 4) is 0 Å². The summed E-state index contributed by atoms with van der Waals surface area (Å²) in [6.45, 7) is 8.72. The van der Waals surface area contributed by atoms with Crippen LogP contribution >= 0.6 is 22.6 Å². The second kappa shape index (κ2) is 11.0. The monoisotopic (exact) mass is 400 g/mol. The van der Waals surface area contributed by atoms with Crippen LogP contribution < -0.4 is 5.32 Å². The summed E-state index contributed by atoms with van der Waals surface area (Å²) in [6, 6.07) is 7.67. The summed E-state index contributed by atoms with van der Waals surface area (Å²) >= 11 is 2.24. The summed E-state index contributed by atoms with van der Waals surface area (Å²) in [7, 11) is 0. The SMILES string of the molecule is CCCN(CCC)CCCCNC(=O)c1ccc([125I])cc1. The average Bonchev–Trinajstić information content (AvgIpc) is 2.47. The van der Waals surface area contributed by atoms with Gasteiger partial charge in [-0.15, -0.1) is 0 Å². The predicted octanol–water partition coefficient (Wildman–Crippen LogP) is 3.92. The molecule has 3 nitrogen and oxygen atoms in total. The van der Waals surface area contributed by atoms with Gasteiger partial charge in [-0.25, -0.2) is 0 Å². The van der Waals surface area contributed by atoms with Crippen molar-refractivity contribution in [2.24, 2.45) is 0 Å². The van der Waals surface area contributed by atoms with Crippen LogP contribution in [0.4, 0.5) is 0 Å². The Labute approximate surface area is 142 Å². The van der Waals surface area contributed by atoms with Gasteiger partial charge in [0, 0.05) is 15.7 Å². The molecule has 1 rings (SSSR count). The summed E-state index contributed by atoms with van der Waals surface area (Å²) < 4.78 is 1.15. The third kappa shape index (κ3) is 7.81. The second-order valence-electron chi connectivity index (χ2n) is 5.31. The van der Waals surface area contributed by atoms with Crippen molar-refractivity contribution in [3.05, 3.63) is 33.4 Å². The Kier molecular flexibility index (Phi) is 9.67. The van der Waals surface area contributed by atoms with Crippen LogP contribution in [0.5, 0.6) is 0 Å². The van der Waals surface area contributed by atoms with Crippen molar-refractivity contribution in [2.75, 3.05) is 26.2 Å². The fourth-order valence-electron chi connectivity index (χ4n) is 2.33. The minimum atomic E-state index is 0.0328. The van der Waals surface area contributed by atoms with E-state index in [0.29, 0.717) is 0 Å². The summed E-state index contributed by atoms with van der Waals surface area (Å²) in [4.78, 5) is 14.4. The molecule has 0 radical (unpaired) electrons. The lowest BCUT2D eigenvalue weighted by atomic mass is 10.2. The van der Waals surface area contributed by atoms with Gasteiger partial charge in [0.05, 0.1) is 0 Å². The van der Waals surface area contributed by atoms with Crippen LogP contribution in [-0.2, 0) is 0 Å². The third-order valence-corrected chi connectivity index (χ3v) is 4.09. The second-order valence-corrected chi connectivity index (χ2v) is 6.56. The molecule has 0 spiro atoms. The highest BCUT2D eigenvalue weighted by atomic mass is 125. The Bertz CT molecular complexity index is 400. The number of amides is 1. The first-order valence-electron chi connectivity index (χ1n) is 7.93. The first kappa shape index (κ1) is 18.4. The molecule has 0 aromatic heterocycles. The first-order valence-corrected chi connectivity index (χ1v) is 9.01. The van der Waals surface area contributed by atoms with Crippen LogP contribution in [0.1, 0.15) is 49.9 Å². The van der Waals surface area contributed by atoms with Crippen LogP contribution in [0.3, 0.4) is 0 Å². The number of rotatable bonds is 10. The molecule has 0 aliphatic heterocycles. The van der Waals surface area contributed by atoms with Gasteiger partial charge in [-0.05, 0) is 92.2 Å². The average molecular weight is 400 g/mol. The number of unbranched alkanes of at least 4 members (excludes halogenated alkanes) is 1. The molecule has 0 aliphatic rings. The molecule has 0 fully saturated rings. The molecule has 0 saturated heterocycles. The lowest BCUT2D eigenvalue weighted by Gasteiger charge is -2.20. The fraction of sp³-hybridized carbons (Fsp3) is 0.588. The topological polar surface area (TPSA) is 32.3 Å². The molecule has 0 saturated carbocycles. The van der Waals surface area contributed by atoms with Crippen molar-refractivity contribution in [2.45, 2.75) is 39.5 Å². The van der Waals surface area contributed by atoms with E-state index in [0.717, 1.165) is 35.1 Å². The normalized spacial score (nSPS) is 10.9. The standard InChI is InChI=1S/C17H27IN2O/c1-3-12-20(13-4-2)14-6-5-11-19-17(21)15-7-9-16(18)10-8-15/h7-10H,3-6,11-14H2,1-2H3,(H,19,21)/i18-2. The highest BCUT2D eigenvalue weighted by molar-refractivity contribution is 14.1. The van der Waals surface area contributed by atoms with E-state index in [-0.39, 0.29) is 5.91 Å². The van der Waals surface area contributed by atoms with Crippen molar-refractivity contribution < 1.29 is 4.79 Å². The molecule has 0 bridgehead atoms. The van der Waals surface area contributed by atoms with E-state index in [4.69, 9.17) is 0 Å². The van der Waals surface area contributed by atoms with Gasteiger partial charge in [0.2, 0.25) is 0 Å². The Morgan fingerprint density at radius 2 is 1.67 bits per heavy atom. The van der Waals surface area contributed by atoms with E-state index >= 15 is 0 Å². The molecule has 0 atom stereocenters. The molecule has 21 heavy (non-hydrogen) atoms.